The number of hydrogen-bond acceptors (Lipinski definition) is 4. The van der Waals surface area contributed by atoms with Crippen molar-refractivity contribution < 1.29 is 18.9 Å². The second-order valence-corrected chi connectivity index (χ2v) is 5.62. The molecule has 20 heavy (non-hydrogen) atoms. The van der Waals surface area contributed by atoms with Gasteiger partial charge in [0.25, 0.3) is 0 Å². The summed E-state index contributed by atoms with van der Waals surface area (Å²) in [5.74, 6) is 0.817. The fourth-order valence-corrected chi connectivity index (χ4v) is 2.75. The molecule has 4 nitrogen and oxygen atoms in total. The highest BCUT2D eigenvalue weighted by atomic mass is 16.6. The molecule has 2 rings (SSSR count). The Labute approximate surface area is 122 Å². The predicted octanol–water partition coefficient (Wildman–Crippen LogP) is 2.57. The zero-order chi connectivity index (χ0) is 14.0. The van der Waals surface area contributed by atoms with E-state index in [1.54, 1.807) is 6.08 Å². The maximum absolute atomic E-state index is 5.67. The largest absolute Gasteiger partial charge is 0.381 e. The van der Waals surface area contributed by atoms with Crippen LogP contribution >= 0.6 is 0 Å². The van der Waals surface area contributed by atoms with E-state index >= 15 is 0 Å². The molecule has 2 fully saturated rings. The first-order chi connectivity index (χ1) is 9.90. The molecule has 1 saturated carbocycles. The van der Waals surface area contributed by atoms with Crippen molar-refractivity contribution in [2.24, 2.45) is 5.92 Å². The van der Waals surface area contributed by atoms with Crippen LogP contribution in [0.15, 0.2) is 12.7 Å². The summed E-state index contributed by atoms with van der Waals surface area (Å²) < 4.78 is 21.9. The van der Waals surface area contributed by atoms with Gasteiger partial charge in [-0.1, -0.05) is 6.08 Å². The van der Waals surface area contributed by atoms with E-state index in [4.69, 9.17) is 18.9 Å². The van der Waals surface area contributed by atoms with E-state index in [-0.39, 0.29) is 0 Å². The van der Waals surface area contributed by atoms with Gasteiger partial charge in [0, 0.05) is 19.8 Å². The zero-order valence-corrected chi connectivity index (χ0v) is 12.4. The smallest absolute Gasteiger partial charge is 0.0844 e. The molecule has 0 aromatic carbocycles. The zero-order valence-electron chi connectivity index (χ0n) is 12.4. The van der Waals surface area contributed by atoms with Gasteiger partial charge in [0.1, 0.15) is 0 Å². The molecule has 0 aromatic rings. The van der Waals surface area contributed by atoms with E-state index in [0.29, 0.717) is 32.0 Å². The fraction of sp³-hybridized carbons (Fsp3) is 0.875. The van der Waals surface area contributed by atoms with Crippen molar-refractivity contribution in [3.8, 4) is 0 Å². The lowest BCUT2D eigenvalue weighted by atomic mass is 9.87. The van der Waals surface area contributed by atoms with E-state index in [1.165, 1.54) is 25.7 Å². The van der Waals surface area contributed by atoms with Crippen LogP contribution in [0, 0.1) is 5.92 Å². The quantitative estimate of drug-likeness (QED) is 0.314. The van der Waals surface area contributed by atoms with Gasteiger partial charge in [-0.25, -0.2) is 0 Å². The summed E-state index contributed by atoms with van der Waals surface area (Å²) in [6, 6.07) is 0. The van der Waals surface area contributed by atoms with Crippen LogP contribution in [0.1, 0.15) is 32.1 Å². The Bertz CT molecular complexity index is 269. The maximum atomic E-state index is 5.67. The third-order valence-corrected chi connectivity index (χ3v) is 3.97. The van der Waals surface area contributed by atoms with Crippen LogP contribution in [-0.4, -0.2) is 51.8 Å². The van der Waals surface area contributed by atoms with Crippen LogP contribution in [0.5, 0.6) is 0 Å². The second kappa shape index (κ2) is 9.50. The average molecular weight is 284 g/mol. The molecule has 0 N–H and O–H groups in total. The van der Waals surface area contributed by atoms with E-state index in [9.17, 15) is 0 Å². The lowest BCUT2D eigenvalue weighted by Gasteiger charge is -2.18. The van der Waals surface area contributed by atoms with Crippen LogP contribution in [-0.2, 0) is 18.9 Å². The molecule has 1 saturated heterocycles. The number of fused-ring (bicyclic) bond motifs is 1. The molecule has 1 aliphatic heterocycles. The summed E-state index contributed by atoms with van der Waals surface area (Å²) in [4.78, 5) is 0. The van der Waals surface area contributed by atoms with Gasteiger partial charge >= 0.3 is 0 Å². The molecular formula is C16H28O4. The standard InChI is InChI=1S/C16H28O4/c1-2-7-17-11-12-19-9-3-8-18-10-6-14-4-5-15-16(13-14)20-15/h2,14-16H,1,3-13H2. The molecule has 0 bridgehead atoms. The van der Waals surface area contributed by atoms with Crippen LogP contribution in [0.2, 0.25) is 0 Å². The molecule has 3 unspecified atom stereocenters. The van der Waals surface area contributed by atoms with Gasteiger partial charge in [-0.05, 0) is 38.0 Å². The molecule has 0 aromatic heterocycles. The average Bonchev–Trinajstić information content (AvgIpc) is 3.23. The monoisotopic (exact) mass is 284 g/mol. The van der Waals surface area contributed by atoms with Crippen molar-refractivity contribution in [1.29, 1.82) is 0 Å². The van der Waals surface area contributed by atoms with Crippen LogP contribution in [0.3, 0.4) is 0 Å². The molecule has 0 amide bonds. The summed E-state index contributed by atoms with van der Waals surface area (Å²) in [5.41, 5.74) is 0. The Kier molecular flexibility index (Phi) is 7.58. The van der Waals surface area contributed by atoms with Crippen molar-refractivity contribution in [3.63, 3.8) is 0 Å². The molecule has 1 heterocycles. The van der Waals surface area contributed by atoms with Crippen LogP contribution in [0.25, 0.3) is 0 Å². The number of hydrogen-bond donors (Lipinski definition) is 0. The highest BCUT2D eigenvalue weighted by Crippen LogP contribution is 2.40. The number of rotatable bonds is 12. The number of epoxide rings is 1. The third-order valence-electron chi connectivity index (χ3n) is 3.97. The van der Waals surface area contributed by atoms with Crippen LogP contribution < -0.4 is 0 Å². The highest BCUT2D eigenvalue weighted by molar-refractivity contribution is 4.91. The van der Waals surface area contributed by atoms with Crippen molar-refractivity contribution in [1.82, 2.24) is 0 Å². The molecule has 0 radical (unpaired) electrons. The molecule has 3 atom stereocenters. The van der Waals surface area contributed by atoms with Gasteiger partial charge in [0.2, 0.25) is 0 Å². The van der Waals surface area contributed by atoms with Gasteiger partial charge in [-0.3, -0.25) is 0 Å². The van der Waals surface area contributed by atoms with E-state index in [2.05, 4.69) is 6.58 Å². The first-order valence-corrected chi connectivity index (χ1v) is 7.89. The van der Waals surface area contributed by atoms with E-state index in [1.807, 2.05) is 0 Å². The lowest BCUT2D eigenvalue weighted by Crippen LogP contribution is -2.15. The Morgan fingerprint density at radius 3 is 2.55 bits per heavy atom. The predicted molar refractivity (Wildman–Crippen MR) is 77.9 cm³/mol. The van der Waals surface area contributed by atoms with Crippen molar-refractivity contribution in [2.75, 3.05) is 39.6 Å². The first-order valence-electron chi connectivity index (χ1n) is 7.89. The van der Waals surface area contributed by atoms with Gasteiger partial charge in [-0.2, -0.15) is 0 Å². The lowest BCUT2D eigenvalue weighted by molar-refractivity contribution is 0.0412. The Hall–Kier alpha value is -0.420. The van der Waals surface area contributed by atoms with Gasteiger partial charge in [-0.15, -0.1) is 6.58 Å². The summed E-state index contributed by atoms with van der Waals surface area (Å²) in [6.07, 6.45) is 8.92. The number of ether oxygens (including phenoxy) is 4. The molecule has 0 spiro atoms. The minimum absolute atomic E-state index is 0.588. The topological polar surface area (TPSA) is 40.2 Å². The molecular weight excluding hydrogens is 256 g/mol. The minimum Gasteiger partial charge on any atom is -0.381 e. The fourth-order valence-electron chi connectivity index (χ4n) is 2.75. The van der Waals surface area contributed by atoms with E-state index in [0.717, 1.165) is 32.2 Å². The summed E-state index contributed by atoms with van der Waals surface area (Å²) in [5, 5.41) is 0. The summed E-state index contributed by atoms with van der Waals surface area (Å²) in [7, 11) is 0. The van der Waals surface area contributed by atoms with Gasteiger partial charge in [0.15, 0.2) is 0 Å². The van der Waals surface area contributed by atoms with Crippen molar-refractivity contribution >= 4 is 0 Å². The second-order valence-electron chi connectivity index (χ2n) is 5.62. The summed E-state index contributed by atoms with van der Waals surface area (Å²) in [6.45, 7) is 7.90. The molecule has 2 aliphatic rings. The minimum atomic E-state index is 0.588. The van der Waals surface area contributed by atoms with Crippen molar-refractivity contribution in [3.05, 3.63) is 12.7 Å². The Balaban J connectivity index is 1.29. The first kappa shape index (κ1) is 16.0. The summed E-state index contributed by atoms with van der Waals surface area (Å²) >= 11 is 0. The SMILES string of the molecule is C=CCOCCOCCCOCCC1CCC2OC2C1. The Morgan fingerprint density at radius 2 is 1.75 bits per heavy atom. The van der Waals surface area contributed by atoms with Crippen LogP contribution in [0.4, 0.5) is 0 Å². The third kappa shape index (κ3) is 6.35. The molecule has 4 heteroatoms. The van der Waals surface area contributed by atoms with Gasteiger partial charge < -0.3 is 18.9 Å². The molecule has 1 aliphatic carbocycles. The van der Waals surface area contributed by atoms with Crippen molar-refractivity contribution in [2.45, 2.75) is 44.3 Å². The normalized spacial score (nSPS) is 28.1. The Morgan fingerprint density at radius 1 is 0.950 bits per heavy atom. The molecule has 116 valence electrons. The van der Waals surface area contributed by atoms with E-state index < -0.39 is 0 Å². The van der Waals surface area contributed by atoms with Gasteiger partial charge in [0.05, 0.1) is 32.0 Å². The highest BCUT2D eigenvalue weighted by Gasteiger charge is 2.43. The maximum Gasteiger partial charge on any atom is 0.0844 e.